The Kier molecular flexibility index (Phi) is 9.85. The van der Waals surface area contributed by atoms with E-state index in [0.717, 1.165) is 7.11 Å². The molecule has 0 aromatic heterocycles. The molecule has 1 aromatic rings. The summed E-state index contributed by atoms with van der Waals surface area (Å²) in [6.45, 7) is 11.1. The maximum atomic E-state index is 14.2. The van der Waals surface area contributed by atoms with Crippen LogP contribution < -0.4 is 0 Å². The van der Waals surface area contributed by atoms with Crippen LogP contribution in [0.25, 0.3) is 0 Å². The van der Waals surface area contributed by atoms with Crippen LogP contribution in [0.5, 0.6) is 0 Å². The van der Waals surface area contributed by atoms with E-state index in [0.29, 0.717) is 25.7 Å². The van der Waals surface area contributed by atoms with Crippen LogP contribution in [-0.4, -0.2) is 49.1 Å². The molecule has 0 aliphatic heterocycles. The third-order valence-electron chi connectivity index (χ3n) is 7.36. The van der Waals surface area contributed by atoms with Gasteiger partial charge >= 0.3 is 18.1 Å². The minimum Gasteiger partial charge on any atom is -0.463 e. The lowest BCUT2D eigenvalue weighted by atomic mass is 9.61. The molecular formula is C28H41F3O6. The molecule has 0 radical (unpaired) electrons. The van der Waals surface area contributed by atoms with E-state index in [1.807, 2.05) is 20.8 Å². The predicted octanol–water partition coefficient (Wildman–Crippen LogP) is 5.81. The molecule has 0 bridgehead atoms. The normalized spacial score (nSPS) is 24.6. The number of halogens is 3. The first-order valence-electron chi connectivity index (χ1n) is 12.7. The van der Waals surface area contributed by atoms with Crippen LogP contribution in [0.4, 0.5) is 13.2 Å². The Hall–Kier alpha value is -2.13. The van der Waals surface area contributed by atoms with Crippen LogP contribution in [-0.2, 0) is 29.4 Å². The summed E-state index contributed by atoms with van der Waals surface area (Å²) in [5.41, 5.74) is -4.57. The van der Waals surface area contributed by atoms with Crippen LogP contribution in [0.15, 0.2) is 30.3 Å². The number of hydrogen-bond donors (Lipinski definition) is 1. The number of carbonyl (C=O) groups is 2. The van der Waals surface area contributed by atoms with E-state index in [4.69, 9.17) is 14.2 Å². The molecular weight excluding hydrogens is 489 g/mol. The Morgan fingerprint density at radius 1 is 1.11 bits per heavy atom. The van der Waals surface area contributed by atoms with Gasteiger partial charge < -0.3 is 19.3 Å². The number of aliphatic hydroxyl groups excluding tert-OH is 1. The van der Waals surface area contributed by atoms with Crippen molar-refractivity contribution in [3.05, 3.63) is 35.9 Å². The van der Waals surface area contributed by atoms with Crippen molar-refractivity contribution in [2.24, 2.45) is 22.7 Å². The number of carbonyl (C=O) groups excluding carboxylic acids is 2. The molecule has 0 unspecified atom stereocenters. The molecule has 1 fully saturated rings. The lowest BCUT2D eigenvalue weighted by Crippen LogP contribution is -2.53. The molecule has 2 rings (SSSR count). The van der Waals surface area contributed by atoms with Gasteiger partial charge in [0.25, 0.3) is 5.60 Å². The lowest BCUT2D eigenvalue weighted by Gasteiger charge is -2.47. The van der Waals surface area contributed by atoms with Crippen LogP contribution in [0, 0.1) is 22.7 Å². The Balaban J connectivity index is 2.07. The summed E-state index contributed by atoms with van der Waals surface area (Å²) in [6.07, 6.45) is -4.74. The van der Waals surface area contributed by atoms with Gasteiger partial charge in [-0.1, -0.05) is 51.1 Å². The average molecular weight is 531 g/mol. The summed E-state index contributed by atoms with van der Waals surface area (Å²) in [5.74, 6) is -1.72. The fourth-order valence-electron chi connectivity index (χ4n) is 5.40. The molecule has 210 valence electrons. The van der Waals surface area contributed by atoms with Crippen LogP contribution in [0.1, 0.15) is 72.8 Å². The molecule has 1 N–H and O–H groups in total. The maximum absolute atomic E-state index is 14.2. The van der Waals surface area contributed by atoms with Crippen molar-refractivity contribution in [2.45, 2.75) is 91.2 Å². The third kappa shape index (κ3) is 7.25. The SMILES string of the molecule is CO[C@@](C(=O)O[C@H]1C[C@@H](C)[C@H](CC[C@H](O)COC(=O)C(C)(C)C)C(C)(C)C1)(c1ccccc1)C(F)(F)F. The van der Waals surface area contributed by atoms with Crippen LogP contribution >= 0.6 is 0 Å². The van der Waals surface area contributed by atoms with Crippen molar-refractivity contribution < 1.29 is 42.1 Å². The predicted molar refractivity (Wildman–Crippen MR) is 132 cm³/mol. The number of hydrogen-bond acceptors (Lipinski definition) is 6. The highest BCUT2D eigenvalue weighted by molar-refractivity contribution is 5.83. The van der Waals surface area contributed by atoms with Crippen molar-refractivity contribution in [3.63, 3.8) is 0 Å². The summed E-state index contributed by atoms with van der Waals surface area (Å²) in [5, 5.41) is 10.4. The van der Waals surface area contributed by atoms with Gasteiger partial charge in [-0.15, -0.1) is 0 Å². The molecule has 1 aliphatic carbocycles. The van der Waals surface area contributed by atoms with Crippen molar-refractivity contribution >= 4 is 11.9 Å². The highest BCUT2D eigenvalue weighted by Gasteiger charge is 2.64. The number of aliphatic hydroxyl groups is 1. The van der Waals surface area contributed by atoms with Gasteiger partial charge in [-0.05, 0) is 63.7 Å². The number of benzene rings is 1. The third-order valence-corrected chi connectivity index (χ3v) is 7.36. The molecule has 1 saturated carbocycles. The van der Waals surface area contributed by atoms with E-state index in [-0.39, 0.29) is 35.4 Å². The minimum atomic E-state index is -5.02. The molecule has 1 aromatic carbocycles. The molecule has 5 atom stereocenters. The van der Waals surface area contributed by atoms with Gasteiger partial charge in [-0.2, -0.15) is 13.2 Å². The van der Waals surface area contributed by atoms with Gasteiger partial charge in [0.1, 0.15) is 12.7 Å². The molecule has 9 heteroatoms. The number of methoxy groups -OCH3 is 1. The fraction of sp³-hybridized carbons (Fsp3) is 0.714. The van der Waals surface area contributed by atoms with Crippen molar-refractivity contribution in [3.8, 4) is 0 Å². The average Bonchev–Trinajstić information content (AvgIpc) is 2.76. The molecule has 1 aliphatic rings. The second kappa shape index (κ2) is 11.7. The van der Waals surface area contributed by atoms with E-state index in [1.54, 1.807) is 26.8 Å². The van der Waals surface area contributed by atoms with E-state index in [1.165, 1.54) is 24.3 Å². The van der Waals surface area contributed by atoms with E-state index in [9.17, 15) is 27.9 Å². The minimum absolute atomic E-state index is 0.0189. The second-order valence-corrected chi connectivity index (χ2v) is 11.9. The van der Waals surface area contributed by atoms with Crippen molar-refractivity contribution in [2.75, 3.05) is 13.7 Å². The highest BCUT2D eigenvalue weighted by atomic mass is 19.4. The zero-order chi connectivity index (χ0) is 28.2. The van der Waals surface area contributed by atoms with Crippen LogP contribution in [0.2, 0.25) is 0 Å². The first kappa shape index (κ1) is 31.1. The summed E-state index contributed by atoms with van der Waals surface area (Å²) >= 11 is 0. The lowest BCUT2D eigenvalue weighted by molar-refractivity contribution is -0.279. The summed E-state index contributed by atoms with van der Waals surface area (Å²) < 4.78 is 58.3. The Bertz CT molecular complexity index is 909. The first-order chi connectivity index (χ1) is 17.0. The fourth-order valence-corrected chi connectivity index (χ4v) is 5.40. The topological polar surface area (TPSA) is 82.1 Å². The quantitative estimate of drug-likeness (QED) is 0.406. The standard InChI is InChI=1S/C28H41F3O6/c1-18-15-21(37-24(34)27(35-7,28(29,30)31)19-11-9-8-10-12-19)16-26(5,6)22(18)14-13-20(32)17-36-23(33)25(2,3)4/h8-12,18,20-22,32H,13-17H2,1-7H3/t18-,20+,21+,22+,27-/m1/s1. The Morgan fingerprint density at radius 3 is 2.19 bits per heavy atom. The largest absolute Gasteiger partial charge is 0.463 e. The van der Waals surface area contributed by atoms with E-state index < -0.39 is 35.4 Å². The van der Waals surface area contributed by atoms with Gasteiger partial charge in [0, 0.05) is 12.7 Å². The number of rotatable bonds is 9. The molecule has 37 heavy (non-hydrogen) atoms. The highest BCUT2D eigenvalue weighted by Crippen LogP contribution is 2.49. The monoisotopic (exact) mass is 530 g/mol. The molecule has 0 heterocycles. The maximum Gasteiger partial charge on any atom is 0.432 e. The molecule has 0 amide bonds. The number of alkyl halides is 3. The van der Waals surface area contributed by atoms with Crippen molar-refractivity contribution in [1.29, 1.82) is 0 Å². The molecule has 0 spiro atoms. The van der Waals surface area contributed by atoms with Gasteiger partial charge in [-0.25, -0.2) is 4.79 Å². The van der Waals surface area contributed by atoms with Gasteiger partial charge in [-0.3, -0.25) is 4.79 Å². The summed E-state index contributed by atoms with van der Waals surface area (Å²) in [4.78, 5) is 25.0. The summed E-state index contributed by atoms with van der Waals surface area (Å²) in [7, 11) is 0.856. The number of esters is 2. The smallest absolute Gasteiger partial charge is 0.432 e. The zero-order valence-electron chi connectivity index (χ0n) is 22.9. The number of ether oxygens (including phenoxy) is 3. The zero-order valence-corrected chi connectivity index (χ0v) is 22.9. The first-order valence-corrected chi connectivity index (χ1v) is 12.7. The summed E-state index contributed by atoms with van der Waals surface area (Å²) in [6, 6.07) is 6.79. The molecule has 6 nitrogen and oxygen atoms in total. The molecule has 0 saturated heterocycles. The van der Waals surface area contributed by atoms with E-state index >= 15 is 0 Å². The Labute approximate surface area is 217 Å². The van der Waals surface area contributed by atoms with Gasteiger partial charge in [0.15, 0.2) is 0 Å². The van der Waals surface area contributed by atoms with Crippen molar-refractivity contribution in [1.82, 2.24) is 0 Å². The van der Waals surface area contributed by atoms with E-state index in [2.05, 4.69) is 0 Å². The Morgan fingerprint density at radius 2 is 1.70 bits per heavy atom. The van der Waals surface area contributed by atoms with Crippen LogP contribution in [0.3, 0.4) is 0 Å². The van der Waals surface area contributed by atoms with Gasteiger partial charge in [0.05, 0.1) is 11.5 Å². The second-order valence-electron chi connectivity index (χ2n) is 11.9. The van der Waals surface area contributed by atoms with Gasteiger partial charge in [0.2, 0.25) is 0 Å².